The Morgan fingerprint density at radius 1 is 1.56 bits per heavy atom. The number of halogens is 1. The minimum Gasteiger partial charge on any atom is -0.392 e. The molecule has 0 aromatic carbocycles. The third-order valence-corrected chi connectivity index (χ3v) is 3.02. The van der Waals surface area contributed by atoms with Gasteiger partial charge in [-0.25, -0.2) is 4.98 Å². The normalized spacial score (nSPS) is 20.5. The van der Waals surface area contributed by atoms with Crippen LogP contribution in [0.5, 0.6) is 0 Å². The first kappa shape index (κ1) is 10.9. The highest BCUT2D eigenvalue weighted by atomic mass is 35.5. The largest absolute Gasteiger partial charge is 0.392 e. The second-order valence-electron chi connectivity index (χ2n) is 3.73. The highest BCUT2D eigenvalue weighted by Gasteiger charge is 2.31. The summed E-state index contributed by atoms with van der Waals surface area (Å²) in [6.45, 7) is 0.623. The lowest BCUT2D eigenvalue weighted by atomic mass is 10.2. The summed E-state index contributed by atoms with van der Waals surface area (Å²) >= 11 is 5.61. The molecule has 7 heteroatoms. The summed E-state index contributed by atoms with van der Waals surface area (Å²) < 4.78 is 1.24. The molecular weight excluding hydrogens is 232 g/mol. The van der Waals surface area contributed by atoms with Crippen molar-refractivity contribution in [2.45, 2.75) is 12.5 Å². The number of rotatable bonds is 1. The predicted octanol–water partition coefficient (Wildman–Crippen LogP) is -0.118. The maximum absolute atomic E-state index is 11.8. The maximum Gasteiger partial charge on any atom is 0.278 e. The van der Waals surface area contributed by atoms with E-state index in [1.807, 2.05) is 0 Å². The number of aromatic nitrogens is 2. The quantitative estimate of drug-likeness (QED) is 0.697. The van der Waals surface area contributed by atoms with Crippen LogP contribution in [0.3, 0.4) is 0 Å². The number of hydrogen-bond donors (Lipinski definition) is 1. The molecule has 1 atom stereocenters. The molecule has 0 radical (unpaired) electrons. The maximum atomic E-state index is 11.8. The van der Waals surface area contributed by atoms with Gasteiger partial charge in [0, 0.05) is 13.6 Å². The molecule has 6 nitrogen and oxygen atoms in total. The number of carbonyl (C=O) groups excluding carboxylic acids is 1. The fraction of sp³-hybridized carbons (Fsp3) is 0.444. The smallest absolute Gasteiger partial charge is 0.278 e. The lowest BCUT2D eigenvalue weighted by Gasteiger charge is -2.13. The van der Waals surface area contributed by atoms with Crippen molar-refractivity contribution in [3.8, 4) is 0 Å². The van der Waals surface area contributed by atoms with Gasteiger partial charge in [-0.2, -0.15) is 0 Å². The molecule has 1 amide bonds. The monoisotopic (exact) mass is 242 g/mol. The van der Waals surface area contributed by atoms with E-state index in [2.05, 4.69) is 4.98 Å². The van der Waals surface area contributed by atoms with Crippen LogP contribution in [0.15, 0.2) is 11.1 Å². The van der Waals surface area contributed by atoms with Crippen LogP contribution >= 0.6 is 11.6 Å². The number of likely N-dealkylation sites (tertiary alicyclic amines) is 1. The van der Waals surface area contributed by atoms with Gasteiger partial charge in [-0.05, 0) is 6.42 Å². The second-order valence-corrected chi connectivity index (χ2v) is 4.08. The average molecular weight is 243 g/mol. The lowest BCUT2D eigenvalue weighted by molar-refractivity contribution is -0.129. The molecule has 2 heterocycles. The number of hydrogen-bond acceptors (Lipinski definition) is 4. The Bertz CT molecular complexity index is 499. The molecular formula is C9H11ClN4O2. The molecule has 1 aromatic rings. The van der Waals surface area contributed by atoms with Gasteiger partial charge in [0.25, 0.3) is 5.56 Å². The molecule has 1 aromatic heterocycles. The van der Waals surface area contributed by atoms with Crippen molar-refractivity contribution in [3.63, 3.8) is 0 Å². The first-order valence-electron chi connectivity index (χ1n) is 4.79. The fourth-order valence-corrected chi connectivity index (χ4v) is 1.87. The summed E-state index contributed by atoms with van der Waals surface area (Å²) in [7, 11) is 1.69. The van der Waals surface area contributed by atoms with Crippen molar-refractivity contribution in [2.24, 2.45) is 0 Å². The summed E-state index contributed by atoms with van der Waals surface area (Å²) in [5.74, 6) is -0.106. The van der Waals surface area contributed by atoms with E-state index in [0.717, 1.165) is 0 Å². The zero-order valence-corrected chi connectivity index (χ0v) is 9.44. The molecule has 0 spiro atoms. The van der Waals surface area contributed by atoms with E-state index in [-0.39, 0.29) is 16.7 Å². The van der Waals surface area contributed by atoms with E-state index >= 15 is 0 Å². The van der Waals surface area contributed by atoms with Crippen molar-refractivity contribution >= 4 is 23.2 Å². The molecule has 1 saturated heterocycles. The van der Waals surface area contributed by atoms with Gasteiger partial charge in [-0.3, -0.25) is 14.2 Å². The Hall–Kier alpha value is -1.56. The number of nitrogens with zero attached hydrogens (tertiary/aromatic N) is 3. The number of likely N-dealkylation sites (N-methyl/N-ethyl adjacent to an activating group) is 1. The van der Waals surface area contributed by atoms with Gasteiger partial charge in [-0.1, -0.05) is 11.6 Å². The Morgan fingerprint density at radius 2 is 2.25 bits per heavy atom. The van der Waals surface area contributed by atoms with E-state index in [4.69, 9.17) is 17.3 Å². The Labute approximate surface area is 96.6 Å². The van der Waals surface area contributed by atoms with E-state index in [1.165, 1.54) is 10.9 Å². The Kier molecular flexibility index (Phi) is 2.59. The number of amides is 1. The number of anilines is 1. The highest BCUT2D eigenvalue weighted by molar-refractivity contribution is 6.31. The molecule has 2 N–H and O–H groups in total. The molecule has 0 saturated carbocycles. The summed E-state index contributed by atoms with van der Waals surface area (Å²) in [4.78, 5) is 28.8. The van der Waals surface area contributed by atoms with Gasteiger partial charge in [0.15, 0.2) is 5.15 Å². The first-order valence-corrected chi connectivity index (χ1v) is 5.17. The Balaban J connectivity index is 2.47. The third kappa shape index (κ3) is 1.55. The van der Waals surface area contributed by atoms with Gasteiger partial charge >= 0.3 is 0 Å². The average Bonchev–Trinajstić information content (AvgIpc) is 2.58. The summed E-state index contributed by atoms with van der Waals surface area (Å²) in [6, 6.07) is -0.510. The summed E-state index contributed by atoms with van der Waals surface area (Å²) in [5.41, 5.74) is 4.89. The Morgan fingerprint density at radius 3 is 2.81 bits per heavy atom. The summed E-state index contributed by atoms with van der Waals surface area (Å²) in [5, 5.41) is -0.0277. The minimum atomic E-state index is -0.510. The summed E-state index contributed by atoms with van der Waals surface area (Å²) in [6.07, 6.45) is 1.85. The van der Waals surface area contributed by atoms with E-state index in [9.17, 15) is 9.59 Å². The van der Waals surface area contributed by atoms with Crippen LogP contribution < -0.4 is 11.3 Å². The van der Waals surface area contributed by atoms with Crippen LogP contribution in [0.2, 0.25) is 5.15 Å². The van der Waals surface area contributed by atoms with Crippen LogP contribution in [0, 0.1) is 0 Å². The van der Waals surface area contributed by atoms with Gasteiger partial charge in [-0.15, -0.1) is 0 Å². The fourth-order valence-electron chi connectivity index (χ4n) is 1.75. The second kappa shape index (κ2) is 3.79. The topological polar surface area (TPSA) is 81.2 Å². The highest BCUT2D eigenvalue weighted by Crippen LogP contribution is 2.21. The number of nitrogens with two attached hydrogens (primary N) is 1. The van der Waals surface area contributed by atoms with Crippen LogP contribution in [0.4, 0.5) is 5.69 Å². The number of carbonyl (C=O) groups is 1. The van der Waals surface area contributed by atoms with Crippen LogP contribution in [-0.4, -0.2) is 34.0 Å². The van der Waals surface area contributed by atoms with Gasteiger partial charge in [0.2, 0.25) is 5.91 Å². The van der Waals surface area contributed by atoms with Crippen molar-refractivity contribution in [1.82, 2.24) is 14.5 Å². The first-order chi connectivity index (χ1) is 7.52. The van der Waals surface area contributed by atoms with E-state index < -0.39 is 11.6 Å². The van der Waals surface area contributed by atoms with Crippen LogP contribution in [0.1, 0.15) is 12.5 Å². The lowest BCUT2D eigenvalue weighted by Crippen LogP contribution is -2.32. The van der Waals surface area contributed by atoms with Gasteiger partial charge < -0.3 is 10.6 Å². The van der Waals surface area contributed by atoms with Crippen molar-refractivity contribution in [3.05, 3.63) is 21.8 Å². The molecule has 0 aliphatic carbocycles. The SMILES string of the molecule is CN1CCC(n2cnc(Cl)c(N)c2=O)C1=O. The molecule has 1 aliphatic heterocycles. The standard InChI is InChI=1S/C9H11ClN4O2/c1-13-3-2-5(8(13)15)14-4-12-7(10)6(11)9(14)16/h4-5H,2-3,11H2,1H3. The van der Waals surface area contributed by atoms with Gasteiger partial charge in [0.05, 0.1) is 0 Å². The molecule has 1 unspecified atom stereocenters. The van der Waals surface area contributed by atoms with Crippen molar-refractivity contribution < 1.29 is 4.79 Å². The zero-order chi connectivity index (χ0) is 11.9. The number of nitrogen functional groups attached to an aromatic ring is 1. The van der Waals surface area contributed by atoms with E-state index in [1.54, 1.807) is 11.9 Å². The molecule has 1 aliphatic rings. The molecule has 1 fully saturated rings. The van der Waals surface area contributed by atoms with E-state index in [0.29, 0.717) is 13.0 Å². The minimum absolute atomic E-state index is 0.0277. The van der Waals surface area contributed by atoms with Crippen LogP contribution in [-0.2, 0) is 4.79 Å². The zero-order valence-electron chi connectivity index (χ0n) is 8.68. The molecule has 0 bridgehead atoms. The molecule has 2 rings (SSSR count). The molecule has 16 heavy (non-hydrogen) atoms. The predicted molar refractivity (Wildman–Crippen MR) is 59.2 cm³/mol. The van der Waals surface area contributed by atoms with Crippen molar-refractivity contribution in [2.75, 3.05) is 19.3 Å². The van der Waals surface area contributed by atoms with Crippen LogP contribution in [0.25, 0.3) is 0 Å². The van der Waals surface area contributed by atoms with Crippen molar-refractivity contribution in [1.29, 1.82) is 0 Å². The third-order valence-electron chi connectivity index (χ3n) is 2.72. The molecule has 86 valence electrons. The van der Waals surface area contributed by atoms with Gasteiger partial charge in [0.1, 0.15) is 18.1 Å².